The highest BCUT2D eigenvalue weighted by Crippen LogP contribution is 2.14. The van der Waals surface area contributed by atoms with Gasteiger partial charge in [-0.1, -0.05) is 0 Å². The summed E-state index contributed by atoms with van der Waals surface area (Å²) in [6, 6.07) is 2.94. The Morgan fingerprint density at radius 3 is 2.68 bits per heavy atom. The molecular weight excluding hydrogens is 266 g/mol. The molecule has 1 aromatic rings. The summed E-state index contributed by atoms with van der Waals surface area (Å²) < 4.78 is 32.3. The van der Waals surface area contributed by atoms with E-state index in [2.05, 4.69) is 15.0 Å². The lowest BCUT2D eigenvalue weighted by Gasteiger charge is -2.24. The molecule has 2 N–H and O–H groups in total. The van der Waals surface area contributed by atoms with Crippen molar-refractivity contribution in [1.29, 1.82) is 0 Å². The van der Waals surface area contributed by atoms with E-state index in [1.54, 1.807) is 7.05 Å². The van der Waals surface area contributed by atoms with Crippen LogP contribution in [0.25, 0.3) is 0 Å². The fourth-order valence-corrected chi connectivity index (χ4v) is 2.72. The van der Waals surface area contributed by atoms with Gasteiger partial charge in [0.1, 0.15) is 5.82 Å². The van der Waals surface area contributed by atoms with Crippen molar-refractivity contribution in [1.82, 2.24) is 9.71 Å². The molecule has 1 heterocycles. The highest BCUT2D eigenvalue weighted by atomic mass is 32.2. The predicted octanol–water partition coefficient (Wildman–Crippen LogP) is 1.22. The zero-order valence-electron chi connectivity index (χ0n) is 11.7. The van der Waals surface area contributed by atoms with Gasteiger partial charge in [-0.25, -0.2) is 18.1 Å². The summed E-state index contributed by atoms with van der Waals surface area (Å²) in [7, 11) is -1.87. The number of hydrogen-bond acceptors (Lipinski definition) is 5. The van der Waals surface area contributed by atoms with E-state index in [4.69, 9.17) is 4.74 Å². The lowest BCUT2D eigenvalue weighted by atomic mass is 10.1. The van der Waals surface area contributed by atoms with Gasteiger partial charge < -0.3 is 10.1 Å². The minimum absolute atomic E-state index is 0.180. The van der Waals surface area contributed by atoms with Crippen molar-refractivity contribution in [3.8, 4) is 0 Å². The topological polar surface area (TPSA) is 80.3 Å². The van der Waals surface area contributed by atoms with Gasteiger partial charge in [0, 0.05) is 32.5 Å². The summed E-state index contributed by atoms with van der Waals surface area (Å²) in [6.07, 6.45) is 1.45. The smallest absolute Gasteiger partial charge is 0.240 e. The zero-order chi connectivity index (χ0) is 14.5. The summed E-state index contributed by atoms with van der Waals surface area (Å²) in [6.45, 7) is 6.29. The van der Waals surface area contributed by atoms with Gasteiger partial charge in [-0.3, -0.25) is 0 Å². The molecule has 1 aromatic heterocycles. The fraction of sp³-hybridized carbons (Fsp3) is 0.583. The Morgan fingerprint density at radius 1 is 1.42 bits per heavy atom. The molecule has 0 saturated carbocycles. The van der Waals surface area contributed by atoms with E-state index >= 15 is 0 Å². The molecule has 0 saturated heterocycles. The Labute approximate surface area is 114 Å². The van der Waals surface area contributed by atoms with E-state index in [1.165, 1.54) is 18.3 Å². The SMILES string of the molecule is CCOC(C)(C)CNS(=O)(=O)c1ccnc(NC)c1. The third kappa shape index (κ3) is 4.77. The normalized spacial score (nSPS) is 12.4. The molecule has 0 aliphatic heterocycles. The van der Waals surface area contributed by atoms with Crippen LogP contribution in [-0.2, 0) is 14.8 Å². The monoisotopic (exact) mass is 287 g/mol. The molecule has 0 bridgehead atoms. The molecule has 0 radical (unpaired) electrons. The van der Waals surface area contributed by atoms with Crippen molar-refractivity contribution in [3.05, 3.63) is 18.3 Å². The number of ether oxygens (including phenoxy) is 1. The van der Waals surface area contributed by atoms with Gasteiger partial charge in [-0.2, -0.15) is 0 Å². The second-order valence-corrected chi connectivity index (χ2v) is 6.41. The molecule has 0 unspecified atom stereocenters. The standard InChI is InChI=1S/C12H21N3O3S/c1-5-18-12(2,3)9-15-19(16,17)10-6-7-14-11(8-10)13-4/h6-8,15H,5,9H2,1-4H3,(H,13,14). The molecule has 0 amide bonds. The van der Waals surface area contributed by atoms with E-state index < -0.39 is 15.6 Å². The van der Waals surface area contributed by atoms with Gasteiger partial charge in [0.25, 0.3) is 0 Å². The molecule has 7 heteroatoms. The average molecular weight is 287 g/mol. The summed E-state index contributed by atoms with van der Waals surface area (Å²) in [5.41, 5.74) is -0.541. The molecule has 0 aliphatic carbocycles. The fourth-order valence-electron chi connectivity index (χ4n) is 1.51. The second kappa shape index (κ2) is 6.31. The number of pyridine rings is 1. The quantitative estimate of drug-likeness (QED) is 0.788. The summed E-state index contributed by atoms with van der Waals surface area (Å²) in [5, 5.41) is 2.80. The van der Waals surface area contributed by atoms with Crippen LogP contribution in [-0.4, -0.2) is 39.2 Å². The Bertz CT molecular complexity index is 515. The molecule has 0 spiro atoms. The molecule has 6 nitrogen and oxygen atoms in total. The number of nitrogens with one attached hydrogen (secondary N) is 2. The van der Waals surface area contributed by atoms with E-state index in [-0.39, 0.29) is 11.4 Å². The van der Waals surface area contributed by atoms with Gasteiger partial charge in [-0.05, 0) is 26.8 Å². The summed E-state index contributed by atoms with van der Waals surface area (Å²) in [5.74, 6) is 0.506. The maximum absolute atomic E-state index is 12.1. The third-order valence-corrected chi connectivity index (χ3v) is 3.92. The Balaban J connectivity index is 2.81. The Morgan fingerprint density at radius 2 is 2.11 bits per heavy atom. The van der Waals surface area contributed by atoms with Gasteiger partial charge in [0.2, 0.25) is 10.0 Å². The molecule has 1 rings (SSSR count). The number of anilines is 1. The average Bonchev–Trinajstić information content (AvgIpc) is 2.37. The van der Waals surface area contributed by atoms with Crippen molar-refractivity contribution in [2.75, 3.05) is 25.5 Å². The van der Waals surface area contributed by atoms with Gasteiger partial charge in [0.15, 0.2) is 0 Å². The number of aromatic nitrogens is 1. The first kappa shape index (κ1) is 15.9. The maximum Gasteiger partial charge on any atom is 0.240 e. The lowest BCUT2D eigenvalue weighted by Crippen LogP contribution is -2.40. The number of sulfonamides is 1. The van der Waals surface area contributed by atoms with Crippen LogP contribution in [0.1, 0.15) is 20.8 Å². The summed E-state index contributed by atoms with van der Waals surface area (Å²) in [4.78, 5) is 4.16. The molecule has 0 aromatic carbocycles. The van der Waals surface area contributed by atoms with Gasteiger partial charge in [-0.15, -0.1) is 0 Å². The Kier molecular flexibility index (Phi) is 5.28. The van der Waals surface area contributed by atoms with E-state index in [0.29, 0.717) is 12.4 Å². The Hall–Kier alpha value is -1.18. The van der Waals surface area contributed by atoms with Crippen LogP contribution < -0.4 is 10.0 Å². The highest BCUT2D eigenvalue weighted by Gasteiger charge is 2.22. The van der Waals surface area contributed by atoms with Crippen molar-refractivity contribution in [2.45, 2.75) is 31.3 Å². The van der Waals surface area contributed by atoms with Crippen LogP contribution in [0.2, 0.25) is 0 Å². The molecule has 108 valence electrons. The van der Waals surface area contributed by atoms with Crippen molar-refractivity contribution >= 4 is 15.8 Å². The van der Waals surface area contributed by atoms with E-state index in [9.17, 15) is 8.42 Å². The van der Waals surface area contributed by atoms with Crippen molar-refractivity contribution in [2.24, 2.45) is 0 Å². The first-order valence-electron chi connectivity index (χ1n) is 6.08. The number of hydrogen-bond donors (Lipinski definition) is 2. The van der Waals surface area contributed by atoms with Crippen molar-refractivity contribution in [3.63, 3.8) is 0 Å². The maximum atomic E-state index is 12.1. The zero-order valence-corrected chi connectivity index (χ0v) is 12.5. The van der Waals surface area contributed by atoms with Crippen LogP contribution in [0, 0.1) is 0 Å². The van der Waals surface area contributed by atoms with Crippen molar-refractivity contribution < 1.29 is 13.2 Å². The van der Waals surface area contributed by atoms with E-state index in [0.717, 1.165) is 0 Å². The first-order chi connectivity index (χ1) is 8.80. The van der Waals surface area contributed by atoms with Crippen LogP contribution in [0.3, 0.4) is 0 Å². The number of rotatable bonds is 7. The predicted molar refractivity (Wildman–Crippen MR) is 74.7 cm³/mol. The van der Waals surface area contributed by atoms with E-state index in [1.807, 2.05) is 20.8 Å². The molecule has 19 heavy (non-hydrogen) atoms. The second-order valence-electron chi connectivity index (χ2n) is 4.64. The number of nitrogens with zero attached hydrogens (tertiary/aromatic N) is 1. The van der Waals surface area contributed by atoms with Crippen LogP contribution >= 0.6 is 0 Å². The molecular formula is C12H21N3O3S. The minimum atomic E-state index is -3.55. The van der Waals surface area contributed by atoms with Crippen LogP contribution in [0.5, 0.6) is 0 Å². The molecule has 0 atom stereocenters. The van der Waals surface area contributed by atoms with Gasteiger partial charge in [0.05, 0.1) is 10.5 Å². The molecule has 0 fully saturated rings. The highest BCUT2D eigenvalue weighted by molar-refractivity contribution is 7.89. The molecule has 0 aliphatic rings. The first-order valence-corrected chi connectivity index (χ1v) is 7.56. The van der Waals surface area contributed by atoms with Gasteiger partial charge >= 0.3 is 0 Å². The minimum Gasteiger partial charge on any atom is -0.375 e. The summed E-state index contributed by atoms with van der Waals surface area (Å²) >= 11 is 0. The third-order valence-electron chi connectivity index (χ3n) is 2.52. The lowest BCUT2D eigenvalue weighted by molar-refractivity contribution is -0.00514. The van der Waals surface area contributed by atoms with Crippen LogP contribution in [0.4, 0.5) is 5.82 Å². The largest absolute Gasteiger partial charge is 0.375 e. The van der Waals surface area contributed by atoms with Crippen LogP contribution in [0.15, 0.2) is 23.2 Å².